The molecule has 0 spiro atoms. The molecular formula is C37H37NO6S. The van der Waals surface area contributed by atoms with E-state index >= 15 is 0 Å². The number of thiazole rings is 1. The number of ether oxygens (including phenoxy) is 5. The Morgan fingerprint density at radius 1 is 0.622 bits per heavy atom. The molecule has 6 rings (SSSR count). The van der Waals surface area contributed by atoms with Gasteiger partial charge in [0.2, 0.25) is 5.79 Å². The van der Waals surface area contributed by atoms with E-state index in [0.717, 1.165) is 22.3 Å². The number of hydrogen-bond donors (Lipinski definition) is 1. The lowest BCUT2D eigenvalue weighted by Gasteiger charge is -2.49. The Kier molecular flexibility index (Phi) is 10.8. The smallest absolute Gasteiger partial charge is 0.250 e. The summed E-state index contributed by atoms with van der Waals surface area (Å²) in [6.45, 7) is 1.36. The number of aliphatic hydroxyl groups is 1. The second-order valence-corrected chi connectivity index (χ2v) is 11.8. The Morgan fingerprint density at radius 3 is 1.58 bits per heavy atom. The van der Waals surface area contributed by atoms with Crippen molar-refractivity contribution in [3.63, 3.8) is 0 Å². The maximum atomic E-state index is 12.4. The van der Waals surface area contributed by atoms with Crippen LogP contribution in [0.25, 0.3) is 0 Å². The van der Waals surface area contributed by atoms with Gasteiger partial charge in [0.05, 0.1) is 33.0 Å². The van der Waals surface area contributed by atoms with Crippen molar-refractivity contribution in [1.29, 1.82) is 0 Å². The molecule has 5 atom stereocenters. The van der Waals surface area contributed by atoms with Crippen LogP contribution in [-0.4, -0.2) is 41.1 Å². The van der Waals surface area contributed by atoms with Gasteiger partial charge in [0, 0.05) is 11.6 Å². The fourth-order valence-corrected chi connectivity index (χ4v) is 6.13. The van der Waals surface area contributed by atoms with Gasteiger partial charge < -0.3 is 28.8 Å². The van der Waals surface area contributed by atoms with Gasteiger partial charge in [-0.2, -0.15) is 0 Å². The van der Waals surface area contributed by atoms with Gasteiger partial charge in [-0.05, 0) is 22.3 Å². The summed E-state index contributed by atoms with van der Waals surface area (Å²) < 4.78 is 32.7. The summed E-state index contributed by atoms with van der Waals surface area (Å²) in [6, 6.07) is 39.7. The summed E-state index contributed by atoms with van der Waals surface area (Å²) in [7, 11) is 0. The third kappa shape index (κ3) is 8.11. The van der Waals surface area contributed by atoms with E-state index in [4.69, 9.17) is 23.7 Å². The lowest BCUT2D eigenvalue weighted by atomic mass is 9.91. The fraction of sp³-hybridized carbons (Fsp3) is 0.270. The number of benzene rings is 4. The minimum Gasteiger partial charge on any atom is -0.374 e. The summed E-state index contributed by atoms with van der Waals surface area (Å²) in [4.78, 5) is 4.48. The van der Waals surface area contributed by atoms with E-state index < -0.39 is 30.2 Å². The number of nitrogens with zero attached hydrogens (tertiary/aromatic N) is 1. The monoisotopic (exact) mass is 623 g/mol. The molecule has 1 saturated heterocycles. The molecule has 0 unspecified atom stereocenters. The van der Waals surface area contributed by atoms with Crippen molar-refractivity contribution in [2.24, 2.45) is 0 Å². The highest BCUT2D eigenvalue weighted by atomic mass is 32.1. The van der Waals surface area contributed by atoms with E-state index in [1.165, 1.54) is 11.3 Å². The van der Waals surface area contributed by atoms with Gasteiger partial charge >= 0.3 is 0 Å². The van der Waals surface area contributed by atoms with Crippen LogP contribution < -0.4 is 0 Å². The Labute approximate surface area is 268 Å². The molecule has 232 valence electrons. The molecule has 45 heavy (non-hydrogen) atoms. The van der Waals surface area contributed by atoms with Crippen molar-refractivity contribution in [1.82, 2.24) is 4.98 Å². The molecule has 4 aromatic carbocycles. The second kappa shape index (κ2) is 15.5. The molecule has 2 heterocycles. The molecule has 1 N–H and O–H groups in total. The summed E-state index contributed by atoms with van der Waals surface area (Å²) in [5.74, 6) is -1.92. The van der Waals surface area contributed by atoms with Crippen molar-refractivity contribution in [3.05, 3.63) is 160 Å². The topological polar surface area (TPSA) is 79.3 Å². The molecule has 0 aliphatic carbocycles. The van der Waals surface area contributed by atoms with Crippen LogP contribution in [0.15, 0.2) is 133 Å². The van der Waals surface area contributed by atoms with Crippen LogP contribution in [0.4, 0.5) is 0 Å². The van der Waals surface area contributed by atoms with Gasteiger partial charge in [0.25, 0.3) is 0 Å². The van der Waals surface area contributed by atoms with Crippen LogP contribution in [0, 0.1) is 0 Å². The zero-order valence-electron chi connectivity index (χ0n) is 24.9. The molecule has 1 fully saturated rings. The van der Waals surface area contributed by atoms with E-state index in [9.17, 15) is 5.11 Å². The Hall–Kier alpha value is -3.73. The van der Waals surface area contributed by atoms with Crippen LogP contribution in [0.2, 0.25) is 0 Å². The van der Waals surface area contributed by atoms with Gasteiger partial charge in [0.15, 0.2) is 5.01 Å². The minimum atomic E-state index is -1.92. The first kappa shape index (κ1) is 31.3. The highest BCUT2D eigenvalue weighted by molar-refractivity contribution is 7.09. The Morgan fingerprint density at radius 2 is 1.09 bits per heavy atom. The van der Waals surface area contributed by atoms with Crippen LogP contribution in [0.3, 0.4) is 0 Å². The summed E-state index contributed by atoms with van der Waals surface area (Å²) in [5.41, 5.74) is 3.98. The number of aromatic nitrogens is 1. The maximum absolute atomic E-state index is 12.4. The molecule has 5 aromatic rings. The van der Waals surface area contributed by atoms with Crippen LogP contribution in [0.1, 0.15) is 27.3 Å². The molecule has 1 aliphatic rings. The van der Waals surface area contributed by atoms with Gasteiger partial charge in [-0.1, -0.05) is 121 Å². The molecule has 8 heteroatoms. The molecular weight excluding hydrogens is 586 g/mol. The van der Waals surface area contributed by atoms with Gasteiger partial charge in [0.1, 0.15) is 24.4 Å². The standard InChI is InChI=1S/C37H37NO6S/c39-37(36-38-21-22-45-36)35(43-26-31-19-11-4-12-20-31)34(42-25-30-17-9-3-10-18-30)33(41-24-29-15-7-2-8-16-29)32(44-37)27-40-23-28-13-5-1-6-14-28/h1-22,32-35,39H,23-27H2/t32-,33-,34+,35-,37-/m1/s1. The van der Waals surface area contributed by atoms with E-state index in [-0.39, 0.29) is 19.8 Å². The molecule has 0 radical (unpaired) electrons. The van der Waals surface area contributed by atoms with Crippen LogP contribution in [-0.2, 0) is 55.9 Å². The maximum Gasteiger partial charge on any atom is 0.250 e. The summed E-state index contributed by atoms with van der Waals surface area (Å²) in [6.07, 6.45) is -1.42. The predicted octanol–water partition coefficient (Wildman–Crippen LogP) is 6.66. The first-order valence-electron chi connectivity index (χ1n) is 15.1. The molecule has 7 nitrogen and oxygen atoms in total. The minimum absolute atomic E-state index is 0.151. The molecule has 0 amide bonds. The quantitative estimate of drug-likeness (QED) is 0.148. The number of rotatable bonds is 14. The predicted molar refractivity (Wildman–Crippen MR) is 172 cm³/mol. The lowest BCUT2D eigenvalue weighted by molar-refractivity contribution is -0.378. The van der Waals surface area contributed by atoms with Gasteiger partial charge in [-0.3, -0.25) is 0 Å². The second-order valence-electron chi connectivity index (χ2n) is 10.9. The van der Waals surface area contributed by atoms with E-state index in [2.05, 4.69) is 4.98 Å². The first-order valence-corrected chi connectivity index (χ1v) is 16.0. The molecule has 1 aromatic heterocycles. The zero-order valence-corrected chi connectivity index (χ0v) is 25.7. The van der Waals surface area contributed by atoms with Gasteiger partial charge in [-0.25, -0.2) is 4.98 Å². The van der Waals surface area contributed by atoms with E-state index in [1.807, 2.05) is 127 Å². The van der Waals surface area contributed by atoms with Crippen molar-refractivity contribution < 1.29 is 28.8 Å². The highest BCUT2D eigenvalue weighted by Crippen LogP contribution is 2.42. The zero-order chi connectivity index (χ0) is 30.7. The Balaban J connectivity index is 1.34. The average Bonchev–Trinajstić information content (AvgIpc) is 3.65. The summed E-state index contributed by atoms with van der Waals surface area (Å²) >= 11 is 1.30. The summed E-state index contributed by atoms with van der Waals surface area (Å²) in [5, 5.41) is 14.6. The van der Waals surface area contributed by atoms with Crippen molar-refractivity contribution >= 4 is 11.3 Å². The van der Waals surface area contributed by atoms with E-state index in [0.29, 0.717) is 18.2 Å². The SMILES string of the molecule is O[C@@]1(c2nccs2)O[C@H](COCc2ccccc2)[C@@H](OCc2ccccc2)[C@H](OCc2ccccc2)[C@H]1OCc1ccccc1. The third-order valence-corrected chi connectivity index (χ3v) is 8.56. The molecule has 0 bridgehead atoms. The highest BCUT2D eigenvalue weighted by Gasteiger charge is 2.58. The van der Waals surface area contributed by atoms with E-state index in [1.54, 1.807) is 6.20 Å². The number of hydrogen-bond acceptors (Lipinski definition) is 8. The van der Waals surface area contributed by atoms with Gasteiger partial charge in [-0.15, -0.1) is 11.3 Å². The Bertz CT molecular complexity index is 1540. The first-order chi connectivity index (χ1) is 22.2. The van der Waals surface area contributed by atoms with Crippen molar-refractivity contribution in [3.8, 4) is 0 Å². The van der Waals surface area contributed by atoms with Crippen molar-refractivity contribution in [2.45, 2.75) is 56.6 Å². The van der Waals surface area contributed by atoms with Crippen molar-refractivity contribution in [2.75, 3.05) is 6.61 Å². The normalized spacial score (nSPS) is 23.1. The largest absolute Gasteiger partial charge is 0.374 e. The fourth-order valence-electron chi connectivity index (χ4n) is 5.43. The van der Waals surface area contributed by atoms with Crippen LogP contribution in [0.5, 0.6) is 0 Å². The van der Waals surface area contributed by atoms with Crippen LogP contribution >= 0.6 is 11.3 Å². The third-order valence-electron chi connectivity index (χ3n) is 7.68. The molecule has 1 aliphatic heterocycles. The average molecular weight is 624 g/mol. The molecule has 0 saturated carbocycles. The lowest BCUT2D eigenvalue weighted by Crippen LogP contribution is -2.65.